The summed E-state index contributed by atoms with van der Waals surface area (Å²) in [5, 5.41) is 9.96. The highest BCUT2D eigenvalue weighted by molar-refractivity contribution is 5.36. The van der Waals surface area contributed by atoms with E-state index >= 15 is 0 Å². The summed E-state index contributed by atoms with van der Waals surface area (Å²) in [7, 11) is 0. The van der Waals surface area contributed by atoms with Crippen molar-refractivity contribution in [2.45, 2.75) is 39.5 Å². The molecule has 3 unspecified atom stereocenters. The zero-order valence-electron chi connectivity index (χ0n) is 10.5. The Morgan fingerprint density at radius 1 is 1.00 bits per heavy atom. The number of phenolic OH excluding ortho intramolecular Hbond substituents is 1. The van der Waals surface area contributed by atoms with E-state index in [9.17, 15) is 5.11 Å². The van der Waals surface area contributed by atoms with Gasteiger partial charge in [-0.25, -0.2) is 0 Å². The summed E-state index contributed by atoms with van der Waals surface area (Å²) in [5.74, 6) is 3.17. The molecule has 1 fully saturated rings. The summed E-state index contributed by atoms with van der Waals surface area (Å²) in [6, 6.07) is 7.84. The fraction of sp³-hybridized carbons (Fsp3) is 0.600. The molecule has 0 spiro atoms. The van der Waals surface area contributed by atoms with Crippen LogP contribution in [0.15, 0.2) is 24.3 Å². The van der Waals surface area contributed by atoms with Crippen LogP contribution in [0, 0.1) is 17.8 Å². The molecule has 0 radical (unpaired) electrons. The molecule has 1 aliphatic rings. The number of hydrogen-bond acceptors (Lipinski definition) is 1. The van der Waals surface area contributed by atoms with Crippen molar-refractivity contribution in [3.8, 4) is 5.75 Å². The first-order valence-corrected chi connectivity index (χ1v) is 6.37. The molecular formula is C15H22O. The number of para-hydroxylation sites is 1. The van der Waals surface area contributed by atoms with Gasteiger partial charge in [0.25, 0.3) is 0 Å². The first kappa shape index (κ1) is 11.5. The highest BCUT2D eigenvalue weighted by atomic mass is 16.3. The van der Waals surface area contributed by atoms with E-state index < -0.39 is 0 Å². The second-order valence-electron chi connectivity index (χ2n) is 5.62. The third-order valence-electron chi connectivity index (χ3n) is 4.07. The number of phenols is 1. The standard InChI is InChI=1S/C15H22O/c1-10-8-11(2)15(12(3)9-10)13-6-4-5-7-14(13)16/h4-7,10-12,15-16H,8-9H2,1-3H3/t10?,11-,12?,15?/m0/s1. The van der Waals surface area contributed by atoms with E-state index in [0.29, 0.717) is 23.5 Å². The van der Waals surface area contributed by atoms with Gasteiger partial charge in [0.2, 0.25) is 0 Å². The summed E-state index contributed by atoms with van der Waals surface area (Å²) < 4.78 is 0. The van der Waals surface area contributed by atoms with Crippen LogP contribution in [-0.4, -0.2) is 5.11 Å². The third kappa shape index (κ3) is 2.09. The van der Waals surface area contributed by atoms with Gasteiger partial charge in [-0.1, -0.05) is 39.0 Å². The third-order valence-corrected chi connectivity index (χ3v) is 4.07. The molecule has 1 aliphatic carbocycles. The Labute approximate surface area is 98.5 Å². The van der Waals surface area contributed by atoms with E-state index in [4.69, 9.17) is 0 Å². The molecule has 0 bridgehead atoms. The first-order valence-electron chi connectivity index (χ1n) is 6.37. The Hall–Kier alpha value is -0.980. The Morgan fingerprint density at radius 2 is 1.56 bits per heavy atom. The average Bonchev–Trinajstić information content (AvgIpc) is 2.19. The molecular weight excluding hydrogens is 196 g/mol. The molecule has 88 valence electrons. The lowest BCUT2D eigenvalue weighted by molar-refractivity contribution is 0.190. The van der Waals surface area contributed by atoms with Gasteiger partial charge in [-0.3, -0.25) is 0 Å². The summed E-state index contributed by atoms with van der Waals surface area (Å²) in [6.07, 6.45) is 2.56. The van der Waals surface area contributed by atoms with Crippen LogP contribution in [-0.2, 0) is 0 Å². The SMILES string of the molecule is CC1CC(C)C(c2ccccc2O)[C@@H](C)C1. The Bertz CT molecular complexity index is 346. The molecule has 0 heterocycles. The second kappa shape index (κ2) is 4.48. The Morgan fingerprint density at radius 3 is 2.12 bits per heavy atom. The van der Waals surface area contributed by atoms with E-state index in [-0.39, 0.29) is 0 Å². The van der Waals surface area contributed by atoms with Crippen LogP contribution >= 0.6 is 0 Å². The summed E-state index contributed by atoms with van der Waals surface area (Å²) >= 11 is 0. The molecule has 0 amide bonds. The van der Waals surface area contributed by atoms with Crippen LogP contribution in [0.4, 0.5) is 0 Å². The summed E-state index contributed by atoms with van der Waals surface area (Å²) in [5.41, 5.74) is 1.15. The van der Waals surface area contributed by atoms with Gasteiger partial charge in [-0.05, 0) is 48.1 Å². The fourth-order valence-electron chi connectivity index (χ4n) is 3.60. The maximum absolute atomic E-state index is 9.96. The van der Waals surface area contributed by atoms with Gasteiger partial charge in [0.05, 0.1) is 0 Å². The van der Waals surface area contributed by atoms with Crippen molar-refractivity contribution in [1.29, 1.82) is 0 Å². The molecule has 1 nitrogen and oxygen atoms in total. The molecule has 1 saturated carbocycles. The number of rotatable bonds is 1. The molecule has 4 atom stereocenters. The van der Waals surface area contributed by atoms with Crippen LogP contribution in [0.5, 0.6) is 5.75 Å². The zero-order chi connectivity index (χ0) is 11.7. The quantitative estimate of drug-likeness (QED) is 0.749. The van der Waals surface area contributed by atoms with E-state index in [2.05, 4.69) is 26.8 Å². The maximum atomic E-state index is 9.96. The maximum Gasteiger partial charge on any atom is 0.119 e. The van der Waals surface area contributed by atoms with Crippen molar-refractivity contribution in [3.63, 3.8) is 0 Å². The lowest BCUT2D eigenvalue weighted by Crippen LogP contribution is -2.27. The van der Waals surface area contributed by atoms with Crippen molar-refractivity contribution < 1.29 is 5.11 Å². The molecule has 1 aromatic rings. The van der Waals surface area contributed by atoms with E-state index in [1.807, 2.05) is 18.2 Å². The number of aromatic hydroxyl groups is 1. The average molecular weight is 218 g/mol. The van der Waals surface area contributed by atoms with Crippen molar-refractivity contribution in [2.75, 3.05) is 0 Å². The Balaban J connectivity index is 2.29. The molecule has 0 aromatic heterocycles. The topological polar surface area (TPSA) is 20.2 Å². The highest BCUT2D eigenvalue weighted by Gasteiger charge is 2.33. The molecule has 1 N–H and O–H groups in total. The summed E-state index contributed by atoms with van der Waals surface area (Å²) in [6.45, 7) is 6.99. The molecule has 2 rings (SSSR count). The van der Waals surface area contributed by atoms with E-state index in [0.717, 1.165) is 11.5 Å². The predicted molar refractivity (Wildman–Crippen MR) is 67.6 cm³/mol. The minimum Gasteiger partial charge on any atom is -0.508 e. The second-order valence-corrected chi connectivity index (χ2v) is 5.62. The summed E-state index contributed by atoms with van der Waals surface area (Å²) in [4.78, 5) is 0. The monoisotopic (exact) mass is 218 g/mol. The van der Waals surface area contributed by atoms with Crippen LogP contribution in [0.25, 0.3) is 0 Å². The van der Waals surface area contributed by atoms with Crippen molar-refractivity contribution in [1.82, 2.24) is 0 Å². The molecule has 1 heteroatoms. The van der Waals surface area contributed by atoms with Gasteiger partial charge in [-0.2, -0.15) is 0 Å². The lowest BCUT2D eigenvalue weighted by atomic mass is 9.67. The molecule has 0 aliphatic heterocycles. The minimum absolute atomic E-state index is 0.473. The van der Waals surface area contributed by atoms with Crippen LogP contribution in [0.1, 0.15) is 45.1 Å². The fourth-order valence-corrected chi connectivity index (χ4v) is 3.60. The van der Waals surface area contributed by atoms with Crippen LogP contribution < -0.4 is 0 Å². The van der Waals surface area contributed by atoms with Crippen LogP contribution in [0.3, 0.4) is 0 Å². The highest BCUT2D eigenvalue weighted by Crippen LogP contribution is 2.46. The molecule has 1 aromatic carbocycles. The van der Waals surface area contributed by atoms with Crippen molar-refractivity contribution in [2.24, 2.45) is 17.8 Å². The Kier molecular flexibility index (Phi) is 3.22. The van der Waals surface area contributed by atoms with Crippen molar-refractivity contribution in [3.05, 3.63) is 29.8 Å². The van der Waals surface area contributed by atoms with Gasteiger partial charge in [0.15, 0.2) is 0 Å². The predicted octanol–water partition coefficient (Wildman–Crippen LogP) is 4.18. The number of benzene rings is 1. The minimum atomic E-state index is 0.473. The van der Waals surface area contributed by atoms with Gasteiger partial charge in [0.1, 0.15) is 5.75 Å². The first-order chi connectivity index (χ1) is 7.59. The number of hydrogen-bond donors (Lipinski definition) is 1. The van der Waals surface area contributed by atoms with Gasteiger partial charge in [-0.15, -0.1) is 0 Å². The van der Waals surface area contributed by atoms with Gasteiger partial charge < -0.3 is 5.11 Å². The van der Waals surface area contributed by atoms with E-state index in [1.165, 1.54) is 12.8 Å². The van der Waals surface area contributed by atoms with Gasteiger partial charge in [0, 0.05) is 0 Å². The molecule has 0 saturated heterocycles. The van der Waals surface area contributed by atoms with Crippen LogP contribution in [0.2, 0.25) is 0 Å². The lowest BCUT2D eigenvalue weighted by Gasteiger charge is -2.38. The largest absolute Gasteiger partial charge is 0.508 e. The molecule has 16 heavy (non-hydrogen) atoms. The normalized spacial score (nSPS) is 34.9. The van der Waals surface area contributed by atoms with E-state index in [1.54, 1.807) is 0 Å². The zero-order valence-corrected chi connectivity index (χ0v) is 10.5. The van der Waals surface area contributed by atoms with Gasteiger partial charge >= 0.3 is 0 Å². The van der Waals surface area contributed by atoms with Crippen molar-refractivity contribution >= 4 is 0 Å². The smallest absolute Gasteiger partial charge is 0.119 e.